The predicted octanol–water partition coefficient (Wildman–Crippen LogP) is 6.99. The first-order valence-electron chi connectivity index (χ1n) is 10.3. The Morgan fingerprint density at radius 2 is 1.88 bits per heavy atom. The van der Waals surface area contributed by atoms with Crippen molar-refractivity contribution >= 4 is 51.1 Å². The molecule has 7 heteroatoms. The average molecular weight is 544 g/mol. The third kappa shape index (κ3) is 7.64. The van der Waals surface area contributed by atoms with Crippen molar-refractivity contribution < 1.29 is 9.53 Å². The number of nitrogens with zero attached hydrogens (tertiary/aromatic N) is 1. The minimum atomic E-state index is -0.389. The fourth-order valence-electron chi connectivity index (χ4n) is 3.07. The zero-order valence-corrected chi connectivity index (χ0v) is 20.8. The molecule has 0 bridgehead atoms. The van der Waals surface area contributed by atoms with Crippen LogP contribution in [0, 0.1) is 11.3 Å². The number of carbonyl (C=O) groups excluding carboxylic acids is 1. The first-order valence-corrected chi connectivity index (χ1v) is 11.8. The Morgan fingerprint density at radius 1 is 1.09 bits per heavy atom. The fraction of sp³-hybridized carbons (Fsp3) is 0.154. The van der Waals surface area contributed by atoms with Gasteiger partial charge >= 0.3 is 0 Å². The van der Waals surface area contributed by atoms with E-state index in [4.69, 9.17) is 27.9 Å². The number of amides is 1. The van der Waals surface area contributed by atoms with E-state index in [1.807, 2.05) is 30.3 Å². The highest BCUT2D eigenvalue weighted by molar-refractivity contribution is 9.10. The molecule has 0 unspecified atom stereocenters. The van der Waals surface area contributed by atoms with Gasteiger partial charge < -0.3 is 10.1 Å². The number of aryl methyl sites for hydroxylation is 1. The summed E-state index contributed by atoms with van der Waals surface area (Å²) in [5, 5.41) is 13.3. The van der Waals surface area contributed by atoms with Crippen LogP contribution < -0.4 is 10.1 Å². The highest BCUT2D eigenvalue weighted by Gasteiger charge is 2.10. The monoisotopic (exact) mass is 542 g/mol. The van der Waals surface area contributed by atoms with Crippen LogP contribution in [0.15, 0.2) is 76.8 Å². The molecule has 0 aliphatic carbocycles. The lowest BCUT2D eigenvalue weighted by atomic mass is 10.1. The van der Waals surface area contributed by atoms with Crippen LogP contribution in [0.2, 0.25) is 10.0 Å². The summed E-state index contributed by atoms with van der Waals surface area (Å²) in [6.45, 7) is 0.773. The molecule has 33 heavy (non-hydrogen) atoms. The first kappa shape index (κ1) is 24.9. The van der Waals surface area contributed by atoms with Crippen LogP contribution in [0.4, 0.5) is 0 Å². The minimum Gasteiger partial charge on any atom is -0.488 e. The molecule has 0 spiro atoms. The molecule has 3 aromatic rings. The van der Waals surface area contributed by atoms with Crippen molar-refractivity contribution in [1.29, 1.82) is 5.26 Å². The van der Waals surface area contributed by atoms with Crippen LogP contribution in [0.25, 0.3) is 6.08 Å². The summed E-state index contributed by atoms with van der Waals surface area (Å²) in [5.74, 6) is 0.224. The van der Waals surface area contributed by atoms with Gasteiger partial charge in [0, 0.05) is 22.2 Å². The van der Waals surface area contributed by atoms with Crippen LogP contribution >= 0.6 is 39.1 Å². The Hall–Kier alpha value is -2.78. The number of hydrogen-bond donors (Lipinski definition) is 1. The molecule has 0 saturated heterocycles. The van der Waals surface area contributed by atoms with Crippen molar-refractivity contribution in [3.8, 4) is 11.8 Å². The summed E-state index contributed by atoms with van der Waals surface area (Å²) in [6, 6.07) is 22.6. The van der Waals surface area contributed by atoms with E-state index < -0.39 is 0 Å². The van der Waals surface area contributed by atoms with Gasteiger partial charge in [0.1, 0.15) is 24.0 Å². The predicted molar refractivity (Wildman–Crippen MR) is 136 cm³/mol. The van der Waals surface area contributed by atoms with Crippen LogP contribution in [0.5, 0.6) is 5.75 Å². The van der Waals surface area contributed by atoms with Gasteiger partial charge in [0.15, 0.2) is 0 Å². The van der Waals surface area contributed by atoms with Crippen LogP contribution in [0.3, 0.4) is 0 Å². The lowest BCUT2D eigenvalue weighted by Crippen LogP contribution is -2.25. The third-order valence-electron chi connectivity index (χ3n) is 4.80. The van der Waals surface area contributed by atoms with Crippen molar-refractivity contribution in [2.24, 2.45) is 0 Å². The molecule has 168 valence electrons. The molecule has 0 aliphatic heterocycles. The van der Waals surface area contributed by atoms with Crippen molar-refractivity contribution in [2.45, 2.75) is 19.4 Å². The van der Waals surface area contributed by atoms with Crippen molar-refractivity contribution in [3.63, 3.8) is 0 Å². The molecule has 4 nitrogen and oxygen atoms in total. The summed E-state index contributed by atoms with van der Waals surface area (Å²) in [5.41, 5.74) is 2.78. The lowest BCUT2D eigenvalue weighted by molar-refractivity contribution is -0.117. The van der Waals surface area contributed by atoms with E-state index in [9.17, 15) is 10.1 Å². The van der Waals surface area contributed by atoms with Crippen LogP contribution in [-0.4, -0.2) is 12.5 Å². The number of benzene rings is 3. The van der Waals surface area contributed by atoms with Crippen LogP contribution in [0.1, 0.15) is 23.1 Å². The average Bonchev–Trinajstić information content (AvgIpc) is 2.81. The number of rotatable bonds is 9. The van der Waals surface area contributed by atoms with E-state index in [0.29, 0.717) is 32.4 Å². The summed E-state index contributed by atoms with van der Waals surface area (Å²) in [7, 11) is 0. The van der Waals surface area contributed by atoms with Gasteiger partial charge in [0.25, 0.3) is 5.91 Å². The Morgan fingerprint density at radius 3 is 2.58 bits per heavy atom. The third-order valence-corrected chi connectivity index (χ3v) is 6.01. The Balaban J connectivity index is 1.57. The second kappa shape index (κ2) is 12.5. The second-order valence-corrected chi connectivity index (χ2v) is 8.93. The normalized spacial score (nSPS) is 11.0. The van der Waals surface area contributed by atoms with E-state index in [-0.39, 0.29) is 18.1 Å². The number of nitrogens with one attached hydrogen (secondary N) is 1. The van der Waals surface area contributed by atoms with Gasteiger partial charge in [-0.2, -0.15) is 5.26 Å². The summed E-state index contributed by atoms with van der Waals surface area (Å²) in [6.07, 6.45) is 3.21. The summed E-state index contributed by atoms with van der Waals surface area (Å²) >= 11 is 15.6. The smallest absolute Gasteiger partial charge is 0.261 e. The van der Waals surface area contributed by atoms with Gasteiger partial charge in [-0.15, -0.1) is 0 Å². The maximum absolute atomic E-state index is 12.4. The maximum atomic E-state index is 12.4. The Labute approximate surface area is 211 Å². The zero-order chi connectivity index (χ0) is 23.6. The van der Waals surface area contributed by atoms with Crippen molar-refractivity contribution in [3.05, 3.63) is 104 Å². The fourth-order valence-corrected chi connectivity index (χ4v) is 4.04. The van der Waals surface area contributed by atoms with E-state index in [2.05, 4.69) is 33.4 Å². The van der Waals surface area contributed by atoms with Gasteiger partial charge in [-0.05, 0) is 70.2 Å². The Kier molecular flexibility index (Phi) is 9.38. The molecule has 0 radical (unpaired) electrons. The highest BCUT2D eigenvalue weighted by atomic mass is 79.9. The Bertz CT molecular complexity index is 1190. The minimum absolute atomic E-state index is 0.0447. The van der Waals surface area contributed by atoms with E-state index in [1.54, 1.807) is 36.4 Å². The SMILES string of the molecule is N#C/C(=C/c1ccc(OCc2ccc(Cl)cc2Cl)c(Br)c1)C(=O)NCCCc1ccccc1. The molecule has 0 fully saturated rings. The van der Waals surface area contributed by atoms with E-state index >= 15 is 0 Å². The molecule has 0 heterocycles. The molecule has 0 saturated carbocycles. The maximum Gasteiger partial charge on any atom is 0.261 e. The molecule has 0 aromatic heterocycles. The van der Waals surface area contributed by atoms with Gasteiger partial charge in [-0.1, -0.05) is 65.7 Å². The van der Waals surface area contributed by atoms with Crippen molar-refractivity contribution in [1.82, 2.24) is 5.32 Å². The molecule has 3 rings (SSSR count). The number of ether oxygens (including phenoxy) is 1. The molecular weight excluding hydrogens is 523 g/mol. The van der Waals surface area contributed by atoms with Gasteiger partial charge in [-0.25, -0.2) is 0 Å². The van der Waals surface area contributed by atoms with E-state index in [0.717, 1.165) is 18.4 Å². The number of halogens is 3. The number of hydrogen-bond acceptors (Lipinski definition) is 3. The quantitative estimate of drug-likeness (QED) is 0.180. The first-order chi connectivity index (χ1) is 16.0. The topological polar surface area (TPSA) is 62.1 Å². The molecule has 1 amide bonds. The standard InChI is InChI=1S/C26H21BrCl2N2O2/c27-23-14-19(8-11-25(23)33-17-20-9-10-22(28)15-24(20)29)13-21(16-30)26(32)31-12-4-7-18-5-2-1-3-6-18/h1-3,5-6,8-11,13-15H,4,7,12,17H2,(H,31,32)/b21-13-. The second-order valence-electron chi connectivity index (χ2n) is 7.23. The lowest BCUT2D eigenvalue weighted by Gasteiger charge is -2.10. The molecular formula is C26H21BrCl2N2O2. The largest absolute Gasteiger partial charge is 0.488 e. The van der Waals surface area contributed by atoms with Crippen LogP contribution in [-0.2, 0) is 17.8 Å². The van der Waals surface area contributed by atoms with Gasteiger partial charge in [-0.3, -0.25) is 4.79 Å². The molecule has 1 N–H and O–H groups in total. The highest BCUT2D eigenvalue weighted by Crippen LogP contribution is 2.29. The van der Waals surface area contributed by atoms with Gasteiger partial charge in [0.2, 0.25) is 0 Å². The summed E-state index contributed by atoms with van der Waals surface area (Å²) in [4.78, 5) is 12.4. The van der Waals surface area contributed by atoms with E-state index in [1.165, 1.54) is 5.56 Å². The molecule has 0 aliphatic rings. The summed E-state index contributed by atoms with van der Waals surface area (Å²) < 4.78 is 6.54. The number of carbonyl (C=O) groups is 1. The van der Waals surface area contributed by atoms with Crippen molar-refractivity contribution in [2.75, 3.05) is 6.54 Å². The molecule has 3 aromatic carbocycles. The molecule has 0 atom stereocenters. The zero-order valence-electron chi connectivity index (χ0n) is 17.7. The van der Waals surface area contributed by atoms with Gasteiger partial charge in [0.05, 0.1) is 4.47 Å². The number of nitriles is 1.